The van der Waals surface area contributed by atoms with Gasteiger partial charge in [-0.3, -0.25) is 4.79 Å². The maximum atomic E-state index is 12.2. The zero-order chi connectivity index (χ0) is 13.9. The molecule has 0 spiro atoms. The molecule has 5 heteroatoms. The van der Waals surface area contributed by atoms with Gasteiger partial charge >= 0.3 is 0 Å². The normalized spacial score (nSPS) is 16.9. The zero-order valence-corrected chi connectivity index (χ0v) is 12.0. The number of rotatable bonds is 4. The van der Waals surface area contributed by atoms with Crippen molar-refractivity contribution in [1.82, 2.24) is 10.3 Å². The van der Waals surface area contributed by atoms with Crippen LogP contribution in [0.25, 0.3) is 0 Å². The monoisotopic (exact) mass is 287 g/mol. The van der Waals surface area contributed by atoms with E-state index in [1.165, 1.54) is 22.5 Å². The van der Waals surface area contributed by atoms with E-state index in [-0.39, 0.29) is 11.9 Å². The van der Waals surface area contributed by atoms with Gasteiger partial charge in [-0.15, -0.1) is 11.3 Å². The van der Waals surface area contributed by atoms with Crippen molar-refractivity contribution in [1.29, 1.82) is 0 Å². The second kappa shape index (κ2) is 5.73. The van der Waals surface area contributed by atoms with Gasteiger partial charge in [0.05, 0.1) is 11.0 Å². The molecule has 4 nitrogen and oxygen atoms in total. The molecule has 1 amide bonds. The Bertz CT molecular complexity index is 623. The van der Waals surface area contributed by atoms with Crippen LogP contribution in [0.15, 0.2) is 29.6 Å². The molecule has 0 bridgehead atoms. The third-order valence-electron chi connectivity index (χ3n) is 3.58. The van der Waals surface area contributed by atoms with Crippen LogP contribution in [0.5, 0.6) is 0 Å². The second-order valence-corrected chi connectivity index (χ2v) is 5.87. The van der Waals surface area contributed by atoms with E-state index < -0.39 is 0 Å². The maximum Gasteiger partial charge on any atom is 0.271 e. The number of fused-ring (bicyclic) bond motifs is 1. The Morgan fingerprint density at radius 2 is 2.30 bits per heavy atom. The van der Waals surface area contributed by atoms with E-state index in [9.17, 15) is 4.79 Å². The summed E-state index contributed by atoms with van der Waals surface area (Å²) in [6, 6.07) is 8.39. The van der Waals surface area contributed by atoms with Crippen LogP contribution >= 0.6 is 11.3 Å². The fourth-order valence-corrected chi connectivity index (χ4v) is 3.39. The number of nitrogens with zero attached hydrogens (tertiary/aromatic N) is 1. The summed E-state index contributed by atoms with van der Waals surface area (Å²) in [5.41, 5.74) is 8.57. The molecule has 1 aromatic heterocycles. The fraction of sp³-hybridized carbons (Fsp3) is 0.333. The summed E-state index contributed by atoms with van der Waals surface area (Å²) >= 11 is 1.49. The Morgan fingerprint density at radius 3 is 3.15 bits per heavy atom. The van der Waals surface area contributed by atoms with Crippen molar-refractivity contribution in [2.45, 2.75) is 25.3 Å². The Morgan fingerprint density at radius 1 is 1.45 bits per heavy atom. The van der Waals surface area contributed by atoms with Gasteiger partial charge in [0.15, 0.2) is 0 Å². The quantitative estimate of drug-likeness (QED) is 0.904. The molecular weight excluding hydrogens is 270 g/mol. The van der Waals surface area contributed by atoms with Crippen LogP contribution in [0.1, 0.15) is 39.1 Å². The number of nitrogens with two attached hydrogens (primary N) is 1. The minimum absolute atomic E-state index is 0.0915. The lowest BCUT2D eigenvalue weighted by molar-refractivity contribution is 0.0932. The Kier molecular flexibility index (Phi) is 3.80. The number of benzene rings is 1. The van der Waals surface area contributed by atoms with E-state index in [0.29, 0.717) is 12.2 Å². The van der Waals surface area contributed by atoms with Gasteiger partial charge in [0.2, 0.25) is 0 Å². The first-order valence-corrected chi connectivity index (χ1v) is 7.69. The molecule has 3 N–H and O–H groups in total. The molecule has 0 fully saturated rings. The summed E-state index contributed by atoms with van der Waals surface area (Å²) in [5.74, 6) is -0.0915. The number of thiazole rings is 1. The average molecular weight is 287 g/mol. The van der Waals surface area contributed by atoms with Gasteiger partial charge in [0, 0.05) is 11.8 Å². The molecule has 3 rings (SSSR count). The maximum absolute atomic E-state index is 12.2. The van der Waals surface area contributed by atoms with Crippen LogP contribution in [0.3, 0.4) is 0 Å². The zero-order valence-electron chi connectivity index (χ0n) is 11.1. The van der Waals surface area contributed by atoms with Crippen molar-refractivity contribution < 1.29 is 4.79 Å². The molecule has 1 unspecified atom stereocenters. The van der Waals surface area contributed by atoms with Crippen molar-refractivity contribution >= 4 is 17.2 Å². The highest BCUT2D eigenvalue weighted by Crippen LogP contribution is 2.30. The molecular formula is C15H17N3OS. The van der Waals surface area contributed by atoms with E-state index in [0.717, 1.165) is 24.3 Å². The van der Waals surface area contributed by atoms with Gasteiger partial charge in [-0.25, -0.2) is 4.98 Å². The number of carbonyl (C=O) groups excluding carboxylic acids is 1. The Hall–Kier alpha value is -1.72. The minimum Gasteiger partial charge on any atom is -0.344 e. The summed E-state index contributed by atoms with van der Waals surface area (Å²) < 4.78 is 0. The highest BCUT2D eigenvalue weighted by Gasteiger charge is 2.24. The van der Waals surface area contributed by atoms with Gasteiger partial charge in [0.25, 0.3) is 5.91 Å². The van der Waals surface area contributed by atoms with Crippen LogP contribution in [0, 0.1) is 0 Å². The molecule has 0 saturated carbocycles. The van der Waals surface area contributed by atoms with Crippen molar-refractivity contribution in [2.24, 2.45) is 5.73 Å². The van der Waals surface area contributed by atoms with Crippen molar-refractivity contribution in [3.8, 4) is 0 Å². The lowest BCUT2D eigenvalue weighted by Gasteiger charge is -2.12. The average Bonchev–Trinajstić information content (AvgIpc) is 3.07. The highest BCUT2D eigenvalue weighted by molar-refractivity contribution is 7.09. The Labute approximate surface area is 122 Å². The first-order valence-electron chi connectivity index (χ1n) is 6.81. The van der Waals surface area contributed by atoms with E-state index in [4.69, 9.17) is 5.73 Å². The second-order valence-electron chi connectivity index (χ2n) is 4.93. The number of aryl methyl sites for hydroxylation is 1. The van der Waals surface area contributed by atoms with Crippen LogP contribution in [-0.2, 0) is 12.8 Å². The summed E-state index contributed by atoms with van der Waals surface area (Å²) in [6.45, 7) is 0.560. The number of hydrogen-bond acceptors (Lipinski definition) is 4. The van der Waals surface area contributed by atoms with Crippen molar-refractivity contribution in [3.05, 3.63) is 51.5 Å². The predicted molar refractivity (Wildman–Crippen MR) is 79.8 cm³/mol. The lowest BCUT2D eigenvalue weighted by Crippen LogP contribution is -2.27. The third kappa shape index (κ3) is 2.59. The van der Waals surface area contributed by atoms with Crippen LogP contribution in [0.4, 0.5) is 0 Å². The van der Waals surface area contributed by atoms with E-state index in [1.807, 2.05) is 12.1 Å². The molecule has 104 valence electrons. The molecule has 0 radical (unpaired) electrons. The third-order valence-corrected chi connectivity index (χ3v) is 4.49. The van der Waals surface area contributed by atoms with Gasteiger partial charge in [-0.2, -0.15) is 0 Å². The lowest BCUT2D eigenvalue weighted by atomic mass is 10.1. The van der Waals surface area contributed by atoms with E-state index in [1.54, 1.807) is 5.38 Å². The standard InChI is InChI=1S/C15H17N3OS/c16-8-7-14-17-13(9-20-14)15(19)18-12-6-5-10-3-1-2-4-11(10)12/h1-4,9,12H,5-8,16H2,(H,18,19). The SMILES string of the molecule is NCCc1nc(C(=O)NC2CCc3ccccc32)cs1. The largest absolute Gasteiger partial charge is 0.344 e. The minimum atomic E-state index is -0.0915. The van der Waals surface area contributed by atoms with Gasteiger partial charge in [-0.1, -0.05) is 24.3 Å². The van der Waals surface area contributed by atoms with Crippen LogP contribution in [0.2, 0.25) is 0 Å². The first kappa shape index (κ1) is 13.3. The summed E-state index contributed by atoms with van der Waals surface area (Å²) in [7, 11) is 0. The van der Waals surface area contributed by atoms with Crippen molar-refractivity contribution in [3.63, 3.8) is 0 Å². The molecule has 20 heavy (non-hydrogen) atoms. The molecule has 1 aliphatic carbocycles. The van der Waals surface area contributed by atoms with Crippen LogP contribution < -0.4 is 11.1 Å². The molecule has 2 aromatic rings. The summed E-state index contributed by atoms with van der Waals surface area (Å²) in [4.78, 5) is 16.6. The summed E-state index contributed by atoms with van der Waals surface area (Å²) in [5, 5.41) is 5.81. The molecule has 1 atom stereocenters. The van der Waals surface area contributed by atoms with Crippen molar-refractivity contribution in [2.75, 3.05) is 6.54 Å². The smallest absolute Gasteiger partial charge is 0.271 e. The van der Waals surface area contributed by atoms with Gasteiger partial charge in [-0.05, 0) is 30.5 Å². The molecule has 1 aliphatic rings. The van der Waals surface area contributed by atoms with E-state index in [2.05, 4.69) is 22.4 Å². The molecule has 0 aliphatic heterocycles. The number of nitrogens with one attached hydrogen (secondary N) is 1. The Balaban J connectivity index is 1.70. The van der Waals surface area contributed by atoms with Gasteiger partial charge < -0.3 is 11.1 Å². The molecule has 1 aromatic carbocycles. The number of hydrogen-bond donors (Lipinski definition) is 2. The van der Waals surface area contributed by atoms with Crippen LogP contribution in [-0.4, -0.2) is 17.4 Å². The molecule has 1 heterocycles. The first-order chi connectivity index (χ1) is 9.78. The van der Waals surface area contributed by atoms with Gasteiger partial charge in [0.1, 0.15) is 5.69 Å². The topological polar surface area (TPSA) is 68.0 Å². The number of amides is 1. The molecule has 0 saturated heterocycles. The summed E-state index contributed by atoms with van der Waals surface area (Å²) in [6.07, 6.45) is 2.71. The van der Waals surface area contributed by atoms with E-state index >= 15 is 0 Å². The highest BCUT2D eigenvalue weighted by atomic mass is 32.1. The number of carbonyl (C=O) groups is 1. The number of aromatic nitrogens is 1. The predicted octanol–water partition coefficient (Wildman–Crippen LogP) is 2.06. The fourth-order valence-electron chi connectivity index (χ4n) is 2.59.